The molecule has 2 rings (SSSR count). The van der Waals surface area contributed by atoms with Crippen LogP contribution in [0.3, 0.4) is 0 Å². The normalized spacial score (nSPS) is 17.7. The third-order valence-electron chi connectivity index (χ3n) is 3.61. The minimum absolute atomic E-state index is 0.0449. The molecule has 2 heterocycles. The molecule has 0 amide bonds. The minimum Gasteiger partial charge on any atom is -0.478 e. The quantitative estimate of drug-likeness (QED) is 0.765. The molecule has 1 aliphatic rings. The van der Waals surface area contributed by atoms with Crippen molar-refractivity contribution in [3.63, 3.8) is 0 Å². The third kappa shape index (κ3) is 3.39. The number of aliphatic hydroxyl groups excluding tert-OH is 1. The average Bonchev–Trinajstić information content (AvgIpc) is 2.47. The second-order valence-electron chi connectivity index (χ2n) is 4.98. The molecular weight excluding hydrogens is 284 g/mol. The van der Waals surface area contributed by atoms with E-state index < -0.39 is 5.97 Å². The van der Waals surface area contributed by atoms with E-state index in [0.717, 1.165) is 12.8 Å². The fourth-order valence-electron chi connectivity index (χ4n) is 2.15. The molecule has 0 radical (unpaired) electrons. The zero-order valence-corrected chi connectivity index (χ0v) is 11.7. The average molecular weight is 301 g/mol. The number of aromatic carboxylic acids is 1. The Labute approximate surface area is 121 Å². The number of anilines is 1. The van der Waals surface area contributed by atoms with E-state index >= 15 is 0 Å². The molecule has 110 valence electrons. The van der Waals surface area contributed by atoms with Gasteiger partial charge in [0.1, 0.15) is 5.82 Å². The van der Waals surface area contributed by atoms with Crippen molar-refractivity contribution in [1.82, 2.24) is 4.98 Å². The molecule has 3 N–H and O–H groups in total. The first-order valence-corrected chi connectivity index (χ1v) is 6.75. The smallest absolute Gasteiger partial charge is 0.337 e. The lowest BCUT2D eigenvalue weighted by Crippen LogP contribution is -2.39. The van der Waals surface area contributed by atoms with E-state index in [0.29, 0.717) is 25.6 Å². The molecule has 1 aliphatic heterocycles. The van der Waals surface area contributed by atoms with Gasteiger partial charge in [-0.15, -0.1) is 0 Å². The Morgan fingerprint density at radius 1 is 1.50 bits per heavy atom. The lowest BCUT2D eigenvalue weighted by Gasteiger charge is -2.35. The fourth-order valence-corrected chi connectivity index (χ4v) is 2.38. The number of nitrogens with zero attached hydrogens (tertiary/aromatic N) is 1. The standard InChI is InChI=1S/C13H17ClN2O4/c14-10-5-9(12(18)19)6-15-11(10)16-7-13(8-17)1-3-20-4-2-13/h5-6,17H,1-4,7-8H2,(H,15,16)(H,18,19). The van der Waals surface area contributed by atoms with E-state index in [-0.39, 0.29) is 22.6 Å². The largest absolute Gasteiger partial charge is 0.478 e. The maximum atomic E-state index is 10.8. The number of carboxylic acid groups (broad SMARTS) is 1. The molecule has 0 atom stereocenters. The molecular formula is C13H17ClN2O4. The number of nitrogens with one attached hydrogen (secondary N) is 1. The molecule has 0 aliphatic carbocycles. The topological polar surface area (TPSA) is 91.7 Å². The molecule has 1 fully saturated rings. The SMILES string of the molecule is O=C(O)c1cnc(NCC2(CO)CCOCC2)c(Cl)c1. The van der Waals surface area contributed by atoms with Crippen LogP contribution in [-0.2, 0) is 4.74 Å². The van der Waals surface area contributed by atoms with E-state index in [1.807, 2.05) is 0 Å². The molecule has 1 aromatic rings. The second kappa shape index (κ2) is 6.39. The van der Waals surface area contributed by atoms with Crippen LogP contribution in [0.15, 0.2) is 12.3 Å². The summed E-state index contributed by atoms with van der Waals surface area (Å²) in [5, 5.41) is 21.8. The summed E-state index contributed by atoms with van der Waals surface area (Å²) in [5.41, 5.74) is -0.196. The van der Waals surface area contributed by atoms with Crippen LogP contribution in [0.4, 0.5) is 5.82 Å². The van der Waals surface area contributed by atoms with Crippen molar-refractivity contribution in [2.45, 2.75) is 12.8 Å². The van der Waals surface area contributed by atoms with Crippen molar-refractivity contribution >= 4 is 23.4 Å². The van der Waals surface area contributed by atoms with Gasteiger partial charge in [0.2, 0.25) is 0 Å². The van der Waals surface area contributed by atoms with Crippen LogP contribution in [0.5, 0.6) is 0 Å². The van der Waals surface area contributed by atoms with E-state index in [1.165, 1.54) is 12.3 Å². The van der Waals surface area contributed by atoms with Gasteiger partial charge in [0.25, 0.3) is 0 Å². The summed E-state index contributed by atoms with van der Waals surface area (Å²) in [6.07, 6.45) is 2.79. The van der Waals surface area contributed by atoms with Crippen LogP contribution in [0, 0.1) is 5.41 Å². The molecule has 0 aromatic carbocycles. The summed E-state index contributed by atoms with van der Waals surface area (Å²) in [6, 6.07) is 1.36. The van der Waals surface area contributed by atoms with E-state index in [4.69, 9.17) is 21.4 Å². The van der Waals surface area contributed by atoms with Crippen molar-refractivity contribution in [2.24, 2.45) is 5.41 Å². The lowest BCUT2D eigenvalue weighted by atomic mass is 9.81. The van der Waals surface area contributed by atoms with Crippen molar-refractivity contribution in [2.75, 3.05) is 31.7 Å². The van der Waals surface area contributed by atoms with Crippen LogP contribution >= 0.6 is 11.6 Å². The zero-order valence-electron chi connectivity index (χ0n) is 10.9. The number of rotatable bonds is 5. The summed E-state index contributed by atoms with van der Waals surface area (Å²) >= 11 is 6.00. The van der Waals surface area contributed by atoms with Crippen molar-refractivity contribution < 1.29 is 19.7 Å². The summed E-state index contributed by atoms with van der Waals surface area (Å²) in [4.78, 5) is 14.8. The van der Waals surface area contributed by atoms with Crippen molar-refractivity contribution in [1.29, 1.82) is 0 Å². The summed E-state index contributed by atoms with van der Waals surface area (Å²) in [6.45, 7) is 1.84. The van der Waals surface area contributed by atoms with Gasteiger partial charge in [-0.2, -0.15) is 0 Å². The number of hydrogen-bond acceptors (Lipinski definition) is 5. The molecule has 0 saturated carbocycles. The highest BCUT2D eigenvalue weighted by atomic mass is 35.5. The molecule has 0 bridgehead atoms. The van der Waals surface area contributed by atoms with E-state index in [9.17, 15) is 9.90 Å². The molecule has 1 aromatic heterocycles. The van der Waals surface area contributed by atoms with E-state index in [1.54, 1.807) is 0 Å². The Bertz CT molecular complexity index is 489. The fraction of sp³-hybridized carbons (Fsp3) is 0.538. The van der Waals surface area contributed by atoms with Crippen LogP contribution < -0.4 is 5.32 Å². The summed E-state index contributed by atoms with van der Waals surface area (Å²) in [5.74, 6) is -0.641. The highest BCUT2D eigenvalue weighted by Crippen LogP contribution is 2.31. The molecule has 0 spiro atoms. The van der Waals surface area contributed by atoms with Crippen LogP contribution in [0.2, 0.25) is 5.02 Å². The van der Waals surface area contributed by atoms with Gasteiger partial charge in [-0.05, 0) is 18.9 Å². The Morgan fingerprint density at radius 2 is 2.20 bits per heavy atom. The monoisotopic (exact) mass is 300 g/mol. The first-order valence-electron chi connectivity index (χ1n) is 6.38. The molecule has 7 heteroatoms. The highest BCUT2D eigenvalue weighted by molar-refractivity contribution is 6.33. The minimum atomic E-state index is -1.07. The Balaban J connectivity index is 2.04. The molecule has 6 nitrogen and oxygen atoms in total. The lowest BCUT2D eigenvalue weighted by molar-refractivity contribution is -0.00861. The first kappa shape index (κ1) is 15.0. The van der Waals surface area contributed by atoms with Gasteiger partial charge in [0.15, 0.2) is 0 Å². The predicted octanol–water partition coefficient (Wildman–Crippen LogP) is 1.63. The number of halogens is 1. The van der Waals surface area contributed by atoms with Gasteiger partial charge in [0.05, 0.1) is 17.2 Å². The van der Waals surface area contributed by atoms with Crippen LogP contribution in [-0.4, -0.2) is 47.5 Å². The van der Waals surface area contributed by atoms with Crippen molar-refractivity contribution in [3.8, 4) is 0 Å². The Morgan fingerprint density at radius 3 is 2.75 bits per heavy atom. The molecule has 1 saturated heterocycles. The maximum Gasteiger partial charge on any atom is 0.337 e. The second-order valence-corrected chi connectivity index (χ2v) is 5.39. The highest BCUT2D eigenvalue weighted by Gasteiger charge is 2.32. The van der Waals surface area contributed by atoms with Gasteiger partial charge < -0.3 is 20.3 Å². The molecule has 0 unspecified atom stereocenters. The third-order valence-corrected chi connectivity index (χ3v) is 3.90. The number of aromatic nitrogens is 1. The van der Waals surface area contributed by atoms with Crippen LogP contribution in [0.1, 0.15) is 23.2 Å². The van der Waals surface area contributed by atoms with Gasteiger partial charge in [-0.1, -0.05) is 11.6 Å². The molecule has 20 heavy (non-hydrogen) atoms. The van der Waals surface area contributed by atoms with Crippen molar-refractivity contribution in [3.05, 3.63) is 22.8 Å². The zero-order chi connectivity index (χ0) is 14.6. The summed E-state index contributed by atoms with van der Waals surface area (Å²) < 4.78 is 5.30. The number of hydrogen-bond donors (Lipinski definition) is 3. The van der Waals surface area contributed by atoms with Gasteiger partial charge in [-0.25, -0.2) is 9.78 Å². The number of carboxylic acids is 1. The summed E-state index contributed by atoms with van der Waals surface area (Å²) in [7, 11) is 0. The Kier molecular flexibility index (Phi) is 4.80. The number of ether oxygens (including phenoxy) is 1. The maximum absolute atomic E-state index is 10.8. The first-order chi connectivity index (χ1) is 9.56. The predicted molar refractivity (Wildman–Crippen MR) is 74.3 cm³/mol. The number of aliphatic hydroxyl groups is 1. The number of carbonyl (C=O) groups is 1. The van der Waals surface area contributed by atoms with E-state index in [2.05, 4.69) is 10.3 Å². The van der Waals surface area contributed by atoms with Gasteiger partial charge in [-0.3, -0.25) is 0 Å². The van der Waals surface area contributed by atoms with Gasteiger partial charge in [0, 0.05) is 31.4 Å². The Hall–Kier alpha value is -1.37. The van der Waals surface area contributed by atoms with Gasteiger partial charge >= 0.3 is 5.97 Å². The van der Waals surface area contributed by atoms with Crippen LogP contribution in [0.25, 0.3) is 0 Å². The number of pyridine rings is 1.